The van der Waals surface area contributed by atoms with Crippen molar-refractivity contribution in [2.75, 3.05) is 26.4 Å². The zero-order valence-electron chi connectivity index (χ0n) is 9.70. The quantitative estimate of drug-likeness (QED) is 0.401. The third-order valence-electron chi connectivity index (χ3n) is 2.42. The fraction of sp³-hybridized carbons (Fsp3) is 1.00. The first-order chi connectivity index (χ1) is 7.89. The molecule has 1 fully saturated rings. The molecule has 4 nitrogen and oxygen atoms in total. The van der Waals surface area contributed by atoms with Crippen molar-refractivity contribution in [2.45, 2.75) is 23.4 Å². The lowest BCUT2D eigenvalue weighted by Gasteiger charge is -2.30. The molecule has 0 N–H and O–H groups in total. The van der Waals surface area contributed by atoms with Gasteiger partial charge in [-0.25, -0.2) is 0 Å². The summed E-state index contributed by atoms with van der Waals surface area (Å²) in [5, 5.41) is 0. The first-order valence-electron chi connectivity index (χ1n) is 5.37. The first kappa shape index (κ1) is 15.8. The smallest absolute Gasteiger partial charge is 0.380 e. The minimum Gasteiger partial charge on any atom is -0.380 e. The Balaban J connectivity index is 2.94. The fourth-order valence-electron chi connectivity index (χ4n) is 1.60. The summed E-state index contributed by atoms with van der Waals surface area (Å²) in [4.78, 5) is 0. The number of rotatable bonds is 6. The lowest BCUT2D eigenvalue weighted by Crippen LogP contribution is -2.35. The molecule has 0 saturated carbocycles. The van der Waals surface area contributed by atoms with Gasteiger partial charge in [0.25, 0.3) is 0 Å². The van der Waals surface area contributed by atoms with Crippen LogP contribution in [0.25, 0.3) is 0 Å². The van der Waals surface area contributed by atoms with Crippen molar-refractivity contribution in [3.63, 3.8) is 0 Å². The van der Waals surface area contributed by atoms with E-state index in [1.165, 1.54) is 13.8 Å². The van der Waals surface area contributed by atoms with Crippen molar-refractivity contribution >= 4 is 30.2 Å². The molecule has 0 aliphatic carbocycles. The van der Waals surface area contributed by atoms with Crippen molar-refractivity contribution in [1.29, 1.82) is 0 Å². The topological polar surface area (TPSA) is 44.8 Å². The first-order valence-corrected chi connectivity index (χ1v) is 8.16. The number of hydrogen-bond donors (Lipinski definition) is 0. The second kappa shape index (κ2) is 6.23. The van der Waals surface area contributed by atoms with Crippen molar-refractivity contribution in [3.8, 4) is 0 Å². The highest BCUT2D eigenvalue weighted by Gasteiger charge is 2.61. The van der Waals surface area contributed by atoms with E-state index < -0.39 is 23.1 Å². The van der Waals surface area contributed by atoms with E-state index in [4.69, 9.17) is 13.8 Å². The Morgan fingerprint density at radius 2 is 1.88 bits per heavy atom. The van der Waals surface area contributed by atoms with Crippen LogP contribution in [0.2, 0.25) is 0 Å². The summed E-state index contributed by atoms with van der Waals surface area (Å²) in [5.74, 6) is -1.13. The maximum Gasteiger partial charge on any atom is 0.400 e. The summed E-state index contributed by atoms with van der Waals surface area (Å²) in [7, 11) is -4.43. The van der Waals surface area contributed by atoms with Crippen LogP contribution < -0.4 is 0 Å². The van der Waals surface area contributed by atoms with Gasteiger partial charge in [0, 0.05) is 3.92 Å². The largest absolute Gasteiger partial charge is 0.400 e. The van der Waals surface area contributed by atoms with Gasteiger partial charge in [-0.05, 0) is 13.8 Å². The summed E-state index contributed by atoms with van der Waals surface area (Å²) in [6.45, 7) is 2.98. The van der Waals surface area contributed by atoms with E-state index in [0.29, 0.717) is 0 Å². The second-order valence-electron chi connectivity index (χ2n) is 3.58. The van der Waals surface area contributed by atoms with Crippen LogP contribution in [0.3, 0.4) is 0 Å². The molecule has 0 amide bonds. The highest BCUT2D eigenvalue weighted by Crippen LogP contribution is 2.66. The Kier molecular flexibility index (Phi) is 5.78. The van der Waals surface area contributed by atoms with E-state index in [-0.39, 0.29) is 26.4 Å². The van der Waals surface area contributed by atoms with Gasteiger partial charge in [0.15, 0.2) is 0 Å². The van der Waals surface area contributed by atoms with Gasteiger partial charge >= 0.3 is 13.3 Å². The van der Waals surface area contributed by atoms with Crippen molar-refractivity contribution in [1.82, 2.24) is 0 Å². The molecule has 0 aromatic carbocycles. The monoisotopic (exact) mass is 384 g/mol. The predicted octanol–water partition coefficient (Wildman–Crippen LogP) is 3.30. The molecule has 8 heteroatoms. The van der Waals surface area contributed by atoms with Crippen LogP contribution in [-0.4, -0.2) is 36.0 Å². The molecule has 1 aliphatic rings. The Bertz CT molecular complexity index is 293. The van der Waals surface area contributed by atoms with Crippen LogP contribution in [0.1, 0.15) is 13.8 Å². The van der Waals surface area contributed by atoms with Gasteiger partial charge in [-0.1, -0.05) is 22.6 Å². The molecule has 2 unspecified atom stereocenters. The van der Waals surface area contributed by atoms with Crippen LogP contribution in [-0.2, 0) is 18.3 Å². The molecular weight excluding hydrogens is 368 g/mol. The van der Waals surface area contributed by atoms with Crippen LogP contribution in [0, 0.1) is 5.92 Å². The molecule has 17 heavy (non-hydrogen) atoms. The lowest BCUT2D eigenvalue weighted by molar-refractivity contribution is -0.0133. The zero-order chi connectivity index (χ0) is 13.1. The van der Waals surface area contributed by atoms with Crippen LogP contribution in [0.4, 0.5) is 8.78 Å². The molecule has 2 atom stereocenters. The maximum atomic E-state index is 14.2. The minimum absolute atomic E-state index is 0.0770. The fourth-order valence-corrected chi connectivity index (χ4v) is 4.56. The molecule has 1 saturated heterocycles. The van der Waals surface area contributed by atoms with E-state index in [0.717, 1.165) is 0 Å². The standard InChI is InChI=1S/C9H16F2IO4P/c1-3-15-17(13,16-4-2)9(10,11)7-5-14-6-8(7)12/h7-8H,3-6H2,1-2H3. The van der Waals surface area contributed by atoms with Crippen molar-refractivity contribution in [3.05, 3.63) is 0 Å². The molecule has 1 heterocycles. The third-order valence-corrected chi connectivity index (χ3v) is 5.91. The van der Waals surface area contributed by atoms with Gasteiger partial charge in [0.1, 0.15) is 0 Å². The minimum atomic E-state index is -4.43. The van der Waals surface area contributed by atoms with Crippen molar-refractivity contribution in [2.24, 2.45) is 5.92 Å². The average Bonchev–Trinajstić information content (AvgIpc) is 2.65. The maximum absolute atomic E-state index is 14.2. The Morgan fingerprint density at radius 1 is 1.35 bits per heavy atom. The van der Waals surface area contributed by atoms with Crippen LogP contribution >= 0.6 is 30.2 Å². The predicted molar refractivity (Wildman–Crippen MR) is 67.9 cm³/mol. The SMILES string of the molecule is CCOP(=O)(OCC)C(F)(F)C1COCC1I. The number of hydrogen-bond acceptors (Lipinski definition) is 4. The average molecular weight is 384 g/mol. The van der Waals surface area contributed by atoms with E-state index >= 15 is 0 Å². The van der Waals surface area contributed by atoms with E-state index in [1.807, 2.05) is 22.6 Å². The highest BCUT2D eigenvalue weighted by molar-refractivity contribution is 14.1. The van der Waals surface area contributed by atoms with Crippen molar-refractivity contribution < 1.29 is 27.1 Å². The van der Waals surface area contributed by atoms with Gasteiger partial charge in [-0.15, -0.1) is 0 Å². The van der Waals surface area contributed by atoms with E-state index in [1.54, 1.807) is 0 Å². The molecular formula is C9H16F2IO4P. The molecule has 0 radical (unpaired) electrons. The zero-order valence-corrected chi connectivity index (χ0v) is 12.7. The molecule has 1 rings (SSSR count). The van der Waals surface area contributed by atoms with E-state index in [9.17, 15) is 13.3 Å². The van der Waals surface area contributed by atoms with Gasteiger partial charge < -0.3 is 13.8 Å². The van der Waals surface area contributed by atoms with Gasteiger partial charge in [0.2, 0.25) is 0 Å². The van der Waals surface area contributed by atoms with Crippen LogP contribution in [0.5, 0.6) is 0 Å². The van der Waals surface area contributed by atoms with Gasteiger partial charge in [-0.3, -0.25) is 4.57 Å². The Hall–Kier alpha value is 0.700. The van der Waals surface area contributed by atoms with Gasteiger partial charge in [0.05, 0.1) is 32.3 Å². The van der Waals surface area contributed by atoms with Crippen LogP contribution in [0.15, 0.2) is 0 Å². The second-order valence-corrected chi connectivity index (χ2v) is 7.29. The molecule has 1 aliphatic heterocycles. The number of halogens is 3. The Labute approximate surface area is 113 Å². The summed E-state index contributed by atoms with van der Waals surface area (Å²) < 4.78 is 54.6. The summed E-state index contributed by atoms with van der Waals surface area (Å²) in [6.07, 6.45) is 0. The molecule has 0 aromatic rings. The third kappa shape index (κ3) is 3.18. The summed E-state index contributed by atoms with van der Waals surface area (Å²) >= 11 is 1.88. The Morgan fingerprint density at radius 3 is 2.24 bits per heavy atom. The number of ether oxygens (including phenoxy) is 1. The summed E-state index contributed by atoms with van der Waals surface area (Å²) in [5.41, 5.74) is -3.51. The molecule has 0 spiro atoms. The number of alkyl halides is 3. The lowest BCUT2D eigenvalue weighted by atomic mass is 10.1. The molecule has 0 bridgehead atoms. The normalized spacial score (nSPS) is 26.4. The molecule has 102 valence electrons. The molecule has 0 aromatic heterocycles. The van der Waals surface area contributed by atoms with E-state index in [2.05, 4.69) is 0 Å². The highest BCUT2D eigenvalue weighted by atomic mass is 127. The summed E-state index contributed by atoms with van der Waals surface area (Å²) in [6, 6.07) is 0. The van der Waals surface area contributed by atoms with Gasteiger partial charge in [-0.2, -0.15) is 8.78 Å².